The number of halogens is 1. The smallest absolute Gasteiger partial charge is 0.493 e. The van der Waals surface area contributed by atoms with Crippen molar-refractivity contribution in [2.45, 2.75) is 13.2 Å². The molecular formula is C30H25FNO6P. The molecule has 0 unspecified atom stereocenters. The number of nitrogens with one attached hydrogen (secondary N) is 1. The van der Waals surface area contributed by atoms with Crippen LogP contribution in [0.3, 0.4) is 0 Å². The number of ether oxygens (including phenoxy) is 1. The standard InChI is InChI=1S/C30H25FNO6P/c1-35-28-16-15-25-29(27(33)18-26(32-25)23-13-8-14-24(31)17-23)30(28)38-39(34,36-19-21-9-4-2-5-10-21)37-20-22-11-6-3-7-12-22/h2-18H,19-20H2,1H3,(H,32,33). The van der Waals surface area contributed by atoms with Gasteiger partial charge < -0.3 is 14.2 Å². The molecule has 9 heteroatoms. The number of phosphoric ester groups is 1. The number of hydrogen-bond donors (Lipinski definition) is 1. The van der Waals surface area contributed by atoms with Crippen LogP contribution in [-0.4, -0.2) is 12.1 Å². The summed E-state index contributed by atoms with van der Waals surface area (Å²) in [6.45, 7) is -0.111. The van der Waals surface area contributed by atoms with Gasteiger partial charge in [-0.3, -0.25) is 13.8 Å². The number of benzene rings is 4. The zero-order valence-electron chi connectivity index (χ0n) is 21.0. The predicted octanol–water partition coefficient (Wildman–Crippen LogP) is 7.26. The number of methoxy groups -OCH3 is 1. The summed E-state index contributed by atoms with van der Waals surface area (Å²) < 4.78 is 50.7. The van der Waals surface area contributed by atoms with Crippen LogP contribution >= 0.6 is 7.82 Å². The van der Waals surface area contributed by atoms with E-state index in [1.807, 2.05) is 60.7 Å². The first-order valence-corrected chi connectivity index (χ1v) is 13.6. The van der Waals surface area contributed by atoms with Crippen molar-refractivity contribution in [2.75, 3.05) is 7.11 Å². The summed E-state index contributed by atoms with van der Waals surface area (Å²) in [5, 5.41) is 0.0846. The molecule has 1 aromatic heterocycles. The first-order valence-electron chi connectivity index (χ1n) is 12.1. The van der Waals surface area contributed by atoms with Crippen LogP contribution in [0.1, 0.15) is 11.1 Å². The molecule has 4 aromatic carbocycles. The second-order valence-electron chi connectivity index (χ2n) is 8.63. The molecule has 0 radical (unpaired) electrons. The second kappa shape index (κ2) is 11.7. The number of aromatic nitrogens is 1. The Morgan fingerprint density at radius 1 is 0.795 bits per heavy atom. The number of rotatable bonds is 10. The highest BCUT2D eigenvalue weighted by Crippen LogP contribution is 2.54. The summed E-state index contributed by atoms with van der Waals surface area (Å²) in [6.07, 6.45) is 0. The van der Waals surface area contributed by atoms with Crippen molar-refractivity contribution in [1.29, 1.82) is 0 Å². The molecule has 0 saturated heterocycles. The van der Waals surface area contributed by atoms with Gasteiger partial charge in [0, 0.05) is 17.3 Å². The maximum absolute atomic E-state index is 14.0. The lowest BCUT2D eigenvalue weighted by Crippen LogP contribution is -2.09. The molecule has 0 fully saturated rings. The van der Waals surface area contributed by atoms with E-state index in [2.05, 4.69) is 4.98 Å². The van der Waals surface area contributed by atoms with Gasteiger partial charge in [0.1, 0.15) is 5.82 Å². The fraction of sp³-hybridized carbons (Fsp3) is 0.100. The molecule has 39 heavy (non-hydrogen) atoms. The van der Waals surface area contributed by atoms with Crippen LogP contribution in [0.2, 0.25) is 0 Å². The Bertz CT molecular complexity index is 1640. The van der Waals surface area contributed by atoms with E-state index in [4.69, 9.17) is 18.3 Å². The van der Waals surface area contributed by atoms with Crippen molar-refractivity contribution in [3.05, 3.63) is 130 Å². The Kier molecular flexibility index (Phi) is 7.89. The normalized spacial score (nSPS) is 11.4. The van der Waals surface area contributed by atoms with Gasteiger partial charge in [0.05, 0.1) is 31.2 Å². The average molecular weight is 546 g/mol. The third-order valence-electron chi connectivity index (χ3n) is 5.94. The number of fused-ring (bicyclic) bond motifs is 1. The molecular weight excluding hydrogens is 520 g/mol. The summed E-state index contributed by atoms with van der Waals surface area (Å²) >= 11 is 0. The fourth-order valence-corrected chi connectivity index (χ4v) is 5.22. The lowest BCUT2D eigenvalue weighted by molar-refractivity contribution is 0.142. The highest BCUT2D eigenvalue weighted by Gasteiger charge is 2.32. The summed E-state index contributed by atoms with van der Waals surface area (Å²) in [5.41, 5.74) is 2.34. The molecule has 0 atom stereocenters. The zero-order chi connectivity index (χ0) is 27.2. The summed E-state index contributed by atoms with van der Waals surface area (Å²) in [4.78, 5) is 16.5. The van der Waals surface area contributed by atoms with Crippen molar-refractivity contribution in [2.24, 2.45) is 0 Å². The van der Waals surface area contributed by atoms with Crippen molar-refractivity contribution < 1.29 is 27.3 Å². The third-order valence-corrected chi connectivity index (χ3v) is 7.23. The van der Waals surface area contributed by atoms with Crippen LogP contribution in [0.25, 0.3) is 22.2 Å². The molecule has 1 heterocycles. The van der Waals surface area contributed by atoms with E-state index >= 15 is 0 Å². The Hall–Kier alpha value is -4.23. The first kappa shape index (κ1) is 26.4. The molecule has 5 rings (SSSR count). The minimum absolute atomic E-state index is 0.0555. The summed E-state index contributed by atoms with van der Waals surface area (Å²) in [6, 6.07) is 28.7. The van der Waals surface area contributed by atoms with Gasteiger partial charge in [-0.25, -0.2) is 8.96 Å². The topological polar surface area (TPSA) is 86.9 Å². The van der Waals surface area contributed by atoms with Crippen molar-refractivity contribution in [3.63, 3.8) is 0 Å². The number of aromatic amines is 1. The van der Waals surface area contributed by atoms with Crippen molar-refractivity contribution >= 4 is 18.7 Å². The van der Waals surface area contributed by atoms with Gasteiger partial charge in [-0.15, -0.1) is 0 Å². The van der Waals surface area contributed by atoms with Gasteiger partial charge in [-0.2, -0.15) is 0 Å². The quantitative estimate of drug-likeness (QED) is 0.186. The molecule has 0 bridgehead atoms. The lowest BCUT2D eigenvalue weighted by atomic mass is 10.1. The Morgan fingerprint density at radius 2 is 1.44 bits per heavy atom. The van der Waals surface area contributed by atoms with Gasteiger partial charge in [0.15, 0.2) is 16.9 Å². The lowest BCUT2D eigenvalue weighted by Gasteiger charge is -2.21. The van der Waals surface area contributed by atoms with E-state index in [9.17, 15) is 13.8 Å². The SMILES string of the molecule is COc1ccc2[nH]c(-c3cccc(F)c3)cc(=O)c2c1OP(=O)(OCc1ccccc1)OCc1ccccc1. The maximum atomic E-state index is 14.0. The van der Waals surface area contributed by atoms with Gasteiger partial charge in [0.2, 0.25) is 0 Å². The van der Waals surface area contributed by atoms with E-state index in [0.717, 1.165) is 11.1 Å². The number of pyridine rings is 1. The van der Waals surface area contributed by atoms with Crippen LogP contribution in [0.4, 0.5) is 4.39 Å². The van der Waals surface area contributed by atoms with E-state index < -0.39 is 19.1 Å². The predicted molar refractivity (Wildman–Crippen MR) is 147 cm³/mol. The highest BCUT2D eigenvalue weighted by atomic mass is 31.2. The van der Waals surface area contributed by atoms with Crippen LogP contribution in [0.15, 0.2) is 108 Å². The molecule has 7 nitrogen and oxygen atoms in total. The number of phosphoric acid groups is 1. The van der Waals surface area contributed by atoms with Gasteiger partial charge in [0.25, 0.3) is 0 Å². The zero-order valence-corrected chi connectivity index (χ0v) is 21.9. The van der Waals surface area contributed by atoms with Crippen LogP contribution < -0.4 is 14.7 Å². The average Bonchev–Trinajstić information content (AvgIpc) is 2.96. The van der Waals surface area contributed by atoms with Gasteiger partial charge >= 0.3 is 7.82 Å². The fourth-order valence-electron chi connectivity index (χ4n) is 4.02. The van der Waals surface area contributed by atoms with Crippen molar-refractivity contribution in [3.8, 4) is 22.8 Å². The molecule has 5 aromatic rings. The van der Waals surface area contributed by atoms with Gasteiger partial charge in [-0.05, 0) is 35.4 Å². The Balaban J connectivity index is 1.54. The van der Waals surface area contributed by atoms with E-state index in [1.54, 1.807) is 24.3 Å². The minimum atomic E-state index is -4.30. The monoisotopic (exact) mass is 545 g/mol. The van der Waals surface area contributed by atoms with E-state index in [-0.39, 0.29) is 30.1 Å². The van der Waals surface area contributed by atoms with Crippen LogP contribution in [-0.2, 0) is 26.8 Å². The number of hydrogen-bond acceptors (Lipinski definition) is 6. The molecule has 0 aliphatic carbocycles. The van der Waals surface area contributed by atoms with Crippen molar-refractivity contribution in [1.82, 2.24) is 4.98 Å². The molecule has 1 N–H and O–H groups in total. The van der Waals surface area contributed by atoms with E-state index in [1.165, 1.54) is 25.3 Å². The second-order valence-corrected chi connectivity index (χ2v) is 10.2. The highest BCUT2D eigenvalue weighted by molar-refractivity contribution is 7.48. The molecule has 0 saturated carbocycles. The van der Waals surface area contributed by atoms with Gasteiger partial charge in [-0.1, -0.05) is 72.8 Å². The molecule has 0 aliphatic rings. The molecule has 198 valence electrons. The third kappa shape index (κ3) is 6.26. The van der Waals surface area contributed by atoms with Crippen LogP contribution in [0, 0.1) is 5.82 Å². The Morgan fingerprint density at radius 3 is 2.03 bits per heavy atom. The summed E-state index contributed by atoms with van der Waals surface area (Å²) in [7, 11) is -2.89. The molecule has 0 aliphatic heterocycles. The largest absolute Gasteiger partial charge is 0.530 e. The van der Waals surface area contributed by atoms with Crippen LogP contribution in [0.5, 0.6) is 11.5 Å². The number of H-pyrrole nitrogens is 1. The maximum Gasteiger partial charge on any atom is 0.530 e. The first-order chi connectivity index (χ1) is 18.9. The van der Waals surface area contributed by atoms with E-state index in [0.29, 0.717) is 16.8 Å². The Labute approximate surface area is 224 Å². The molecule has 0 spiro atoms. The molecule has 0 amide bonds. The summed E-state index contributed by atoms with van der Waals surface area (Å²) in [5.74, 6) is -0.357. The minimum Gasteiger partial charge on any atom is -0.493 e.